The van der Waals surface area contributed by atoms with Gasteiger partial charge in [-0.05, 0) is 0 Å². The van der Waals surface area contributed by atoms with Gasteiger partial charge in [0.25, 0.3) is 5.72 Å². The average molecular weight is 253 g/mol. The van der Waals surface area contributed by atoms with Gasteiger partial charge in [-0.25, -0.2) is 4.79 Å². The molecule has 0 aromatic rings. The lowest BCUT2D eigenvalue weighted by Crippen LogP contribution is -2.66. The van der Waals surface area contributed by atoms with Gasteiger partial charge < -0.3 is 36.0 Å². The molecule has 0 aliphatic heterocycles. The molecule has 0 aromatic carbocycles. The molecule has 9 heteroatoms. The van der Waals surface area contributed by atoms with E-state index < -0.39 is 42.5 Å². The van der Waals surface area contributed by atoms with E-state index in [1.54, 1.807) is 0 Å². The molecule has 17 heavy (non-hydrogen) atoms. The molecule has 0 bridgehead atoms. The van der Waals surface area contributed by atoms with Crippen LogP contribution in [0, 0.1) is 0 Å². The van der Waals surface area contributed by atoms with E-state index in [9.17, 15) is 24.9 Å². The molecule has 1 amide bonds. The predicted molar refractivity (Wildman–Crippen MR) is 51.5 cm³/mol. The van der Waals surface area contributed by atoms with Crippen LogP contribution in [0.2, 0.25) is 0 Å². The molecule has 100 valence electrons. The van der Waals surface area contributed by atoms with Crippen LogP contribution in [-0.4, -0.2) is 73.2 Å². The number of carboxylic acids is 1. The number of nitrogens with one attached hydrogen (secondary N) is 1. The van der Waals surface area contributed by atoms with Crippen LogP contribution in [0.15, 0.2) is 0 Å². The monoisotopic (exact) mass is 253 g/mol. The number of rotatable bonds is 6. The summed E-state index contributed by atoms with van der Waals surface area (Å²) in [6.45, 7) is -0.0799. The summed E-state index contributed by atoms with van der Waals surface area (Å²) in [7, 11) is 0. The largest absolute Gasteiger partial charge is 0.478 e. The Morgan fingerprint density at radius 1 is 1.29 bits per heavy atom. The first kappa shape index (κ1) is 15.7. The van der Waals surface area contributed by atoms with Gasteiger partial charge in [-0.15, -0.1) is 0 Å². The van der Waals surface area contributed by atoms with Crippen molar-refractivity contribution in [3.05, 3.63) is 0 Å². The number of aliphatic hydroxyl groups is 5. The lowest BCUT2D eigenvalue weighted by atomic mass is 9.97. The zero-order chi connectivity index (χ0) is 13.8. The Bertz CT molecular complexity index is 295. The number of carbonyl (C=O) groups is 2. The highest BCUT2D eigenvalue weighted by molar-refractivity contribution is 5.85. The first-order valence-corrected chi connectivity index (χ1v) is 4.56. The number of carbonyl (C=O) groups excluding carboxylic acids is 1. The summed E-state index contributed by atoms with van der Waals surface area (Å²) in [4.78, 5) is 21.4. The van der Waals surface area contributed by atoms with Gasteiger partial charge in [0, 0.05) is 6.92 Å². The molecule has 0 aliphatic carbocycles. The van der Waals surface area contributed by atoms with E-state index >= 15 is 0 Å². The smallest absolute Gasteiger partial charge is 0.360 e. The molecule has 0 saturated heterocycles. The van der Waals surface area contributed by atoms with Gasteiger partial charge in [0.1, 0.15) is 18.3 Å². The van der Waals surface area contributed by atoms with Crippen LogP contribution in [0.4, 0.5) is 0 Å². The second kappa shape index (κ2) is 5.89. The van der Waals surface area contributed by atoms with E-state index in [4.69, 9.17) is 15.3 Å². The predicted octanol–water partition coefficient (Wildman–Crippen LogP) is -4.03. The summed E-state index contributed by atoms with van der Waals surface area (Å²) < 4.78 is 0. The number of hydrogen-bond donors (Lipinski definition) is 7. The molecule has 9 nitrogen and oxygen atoms in total. The third-order valence-corrected chi connectivity index (χ3v) is 2.03. The maximum Gasteiger partial charge on any atom is 0.360 e. The average Bonchev–Trinajstić information content (AvgIpc) is 2.24. The van der Waals surface area contributed by atoms with Crippen molar-refractivity contribution >= 4 is 11.9 Å². The molecular weight excluding hydrogens is 238 g/mol. The molecule has 0 saturated carbocycles. The number of aliphatic carboxylic acids is 1. The molecule has 7 N–H and O–H groups in total. The van der Waals surface area contributed by atoms with Crippen molar-refractivity contribution in [2.24, 2.45) is 0 Å². The van der Waals surface area contributed by atoms with Gasteiger partial charge >= 0.3 is 5.97 Å². The highest BCUT2D eigenvalue weighted by atomic mass is 16.4. The Morgan fingerprint density at radius 2 is 1.76 bits per heavy atom. The number of amides is 1. The molecule has 0 unspecified atom stereocenters. The van der Waals surface area contributed by atoms with E-state index in [2.05, 4.69) is 0 Å². The Morgan fingerprint density at radius 3 is 2.06 bits per heavy atom. The van der Waals surface area contributed by atoms with E-state index in [1.807, 2.05) is 0 Å². The van der Waals surface area contributed by atoms with Crippen LogP contribution in [0.25, 0.3) is 0 Å². The van der Waals surface area contributed by atoms with E-state index in [0.29, 0.717) is 0 Å². The van der Waals surface area contributed by atoms with Gasteiger partial charge in [-0.1, -0.05) is 0 Å². The minimum atomic E-state index is -3.17. The first-order chi connectivity index (χ1) is 7.66. The van der Waals surface area contributed by atoms with E-state index in [1.165, 1.54) is 5.32 Å². The molecule has 0 aliphatic rings. The SMILES string of the molecule is CC(=O)N[C@](O)(C(=O)O)[C@@H](O)[C@H](O)[C@H](O)CO. The summed E-state index contributed by atoms with van der Waals surface area (Å²) in [6, 6.07) is 0. The van der Waals surface area contributed by atoms with Crippen LogP contribution in [0.5, 0.6) is 0 Å². The molecule has 0 spiro atoms. The molecular formula is C8H15NO8. The summed E-state index contributed by atoms with van der Waals surface area (Å²) in [5, 5.41) is 55.9. The molecule has 0 aromatic heterocycles. The van der Waals surface area contributed by atoms with Crippen molar-refractivity contribution in [2.45, 2.75) is 31.0 Å². The number of hydrogen-bond acceptors (Lipinski definition) is 7. The summed E-state index contributed by atoms with van der Waals surface area (Å²) in [6.07, 6.45) is -6.45. The van der Waals surface area contributed by atoms with Crippen LogP contribution < -0.4 is 5.32 Å². The first-order valence-electron chi connectivity index (χ1n) is 4.56. The molecule has 4 atom stereocenters. The number of aliphatic hydroxyl groups excluding tert-OH is 4. The highest BCUT2D eigenvalue weighted by Crippen LogP contribution is 2.14. The Hall–Kier alpha value is -1.26. The van der Waals surface area contributed by atoms with Gasteiger partial charge in [-0.3, -0.25) is 4.79 Å². The third-order valence-electron chi connectivity index (χ3n) is 2.03. The van der Waals surface area contributed by atoms with Crippen molar-refractivity contribution in [1.82, 2.24) is 5.32 Å². The Kier molecular flexibility index (Phi) is 5.45. The van der Waals surface area contributed by atoms with E-state index in [-0.39, 0.29) is 0 Å². The van der Waals surface area contributed by atoms with Crippen molar-refractivity contribution in [3.63, 3.8) is 0 Å². The van der Waals surface area contributed by atoms with Gasteiger partial charge in [-0.2, -0.15) is 0 Å². The molecule has 0 heterocycles. The maximum atomic E-state index is 10.7. The Labute approximate surface area is 95.9 Å². The fourth-order valence-electron chi connectivity index (χ4n) is 1.09. The summed E-state index contributed by atoms with van der Waals surface area (Å²) in [5.74, 6) is -3.00. The summed E-state index contributed by atoms with van der Waals surface area (Å²) >= 11 is 0. The number of carboxylic acid groups (broad SMARTS) is 1. The third kappa shape index (κ3) is 3.61. The van der Waals surface area contributed by atoms with Gasteiger partial charge in [0.05, 0.1) is 6.61 Å². The molecule has 0 fully saturated rings. The minimum Gasteiger partial charge on any atom is -0.478 e. The standard InChI is InChI=1S/C8H15NO8/c1-3(11)9-8(17,7(15)16)6(14)5(13)4(12)2-10/h4-6,10,12-14,17H,2H2,1H3,(H,9,11)(H,15,16)/t4-,5-,6+,8-/m1/s1. The second-order valence-electron chi connectivity index (χ2n) is 3.44. The molecule has 0 radical (unpaired) electrons. The molecule has 0 rings (SSSR count). The van der Waals surface area contributed by atoms with Crippen molar-refractivity contribution in [3.8, 4) is 0 Å². The normalized spacial score (nSPS) is 19.9. The highest BCUT2D eigenvalue weighted by Gasteiger charge is 2.49. The Balaban J connectivity index is 5.06. The van der Waals surface area contributed by atoms with Crippen LogP contribution in [-0.2, 0) is 9.59 Å². The fraction of sp³-hybridized carbons (Fsp3) is 0.750. The van der Waals surface area contributed by atoms with Gasteiger partial charge in [0.2, 0.25) is 5.91 Å². The topological polar surface area (TPSA) is 168 Å². The van der Waals surface area contributed by atoms with Crippen LogP contribution in [0.3, 0.4) is 0 Å². The van der Waals surface area contributed by atoms with Crippen LogP contribution in [0.1, 0.15) is 6.92 Å². The lowest BCUT2D eigenvalue weighted by Gasteiger charge is -2.33. The zero-order valence-corrected chi connectivity index (χ0v) is 8.94. The lowest BCUT2D eigenvalue weighted by molar-refractivity contribution is -0.199. The maximum absolute atomic E-state index is 10.7. The van der Waals surface area contributed by atoms with Crippen molar-refractivity contribution < 1.29 is 40.2 Å². The fourth-order valence-corrected chi connectivity index (χ4v) is 1.09. The van der Waals surface area contributed by atoms with Crippen LogP contribution >= 0.6 is 0 Å². The van der Waals surface area contributed by atoms with E-state index in [0.717, 1.165) is 6.92 Å². The van der Waals surface area contributed by atoms with Crippen molar-refractivity contribution in [2.75, 3.05) is 6.61 Å². The summed E-state index contributed by atoms with van der Waals surface area (Å²) in [5.41, 5.74) is -3.17. The zero-order valence-electron chi connectivity index (χ0n) is 8.94. The minimum absolute atomic E-state index is 0.884. The quantitative estimate of drug-likeness (QED) is 0.235. The second-order valence-corrected chi connectivity index (χ2v) is 3.44. The van der Waals surface area contributed by atoms with Crippen molar-refractivity contribution in [1.29, 1.82) is 0 Å². The van der Waals surface area contributed by atoms with Gasteiger partial charge in [0.15, 0.2) is 0 Å².